The van der Waals surface area contributed by atoms with E-state index in [1.807, 2.05) is 18.2 Å². The van der Waals surface area contributed by atoms with Gasteiger partial charge in [0.05, 0.1) is 12.2 Å². The summed E-state index contributed by atoms with van der Waals surface area (Å²) in [6.07, 6.45) is 0. The van der Waals surface area contributed by atoms with Gasteiger partial charge in [-0.3, -0.25) is 4.99 Å². The molecule has 1 aliphatic heterocycles. The van der Waals surface area contributed by atoms with Crippen LogP contribution in [-0.2, 0) is 0 Å². The quantitative estimate of drug-likeness (QED) is 0.794. The zero-order valence-electron chi connectivity index (χ0n) is 11.6. The Kier molecular flexibility index (Phi) is 4.63. The van der Waals surface area contributed by atoms with Crippen molar-refractivity contribution in [2.24, 2.45) is 4.99 Å². The molecule has 0 spiro atoms. The Morgan fingerprint density at radius 3 is 2.89 bits per heavy atom. The van der Waals surface area contributed by atoms with E-state index in [4.69, 9.17) is 10.5 Å². The van der Waals surface area contributed by atoms with Crippen molar-refractivity contribution in [1.29, 1.82) is 0 Å². The second-order valence-corrected chi connectivity index (χ2v) is 4.52. The van der Waals surface area contributed by atoms with E-state index in [9.17, 15) is 0 Å². The first-order valence-corrected chi connectivity index (χ1v) is 6.78. The zero-order chi connectivity index (χ0) is 13.7. The highest BCUT2D eigenvalue weighted by Gasteiger charge is 2.14. The molecule has 0 amide bonds. The number of fused-ring (bicyclic) bond motifs is 1. The summed E-state index contributed by atoms with van der Waals surface area (Å²) in [5.41, 5.74) is 7.36. The summed E-state index contributed by atoms with van der Waals surface area (Å²) in [5.74, 6) is 1.67. The average Bonchev–Trinajstić information content (AvgIpc) is 2.43. The van der Waals surface area contributed by atoms with E-state index < -0.39 is 0 Å². The minimum Gasteiger partial charge on any atom is -0.483 e. The van der Waals surface area contributed by atoms with Crippen LogP contribution in [0.15, 0.2) is 23.2 Å². The summed E-state index contributed by atoms with van der Waals surface area (Å²) in [7, 11) is 0. The number of nitrogens with two attached hydrogens (primary N) is 1. The second-order valence-electron chi connectivity index (χ2n) is 4.52. The third-order valence-electron chi connectivity index (χ3n) is 3.26. The second kappa shape index (κ2) is 6.43. The van der Waals surface area contributed by atoms with Gasteiger partial charge in [0.1, 0.15) is 18.2 Å². The molecule has 1 aliphatic rings. The molecule has 0 radical (unpaired) electrons. The normalized spacial score (nSPS) is 16.1. The number of hydrogen-bond acceptors (Lipinski definition) is 4. The molecule has 0 fully saturated rings. The van der Waals surface area contributed by atoms with Crippen LogP contribution in [0.3, 0.4) is 0 Å². The molecular weight excluding hydrogens is 240 g/mol. The predicted molar refractivity (Wildman–Crippen MR) is 80.1 cm³/mol. The predicted octanol–water partition coefficient (Wildman–Crippen LogP) is 1.81. The molecule has 19 heavy (non-hydrogen) atoms. The summed E-state index contributed by atoms with van der Waals surface area (Å²) in [6.45, 7) is 8.71. The van der Waals surface area contributed by atoms with Crippen molar-refractivity contribution in [2.45, 2.75) is 13.8 Å². The summed E-state index contributed by atoms with van der Waals surface area (Å²) in [4.78, 5) is 6.90. The summed E-state index contributed by atoms with van der Waals surface area (Å²) >= 11 is 0. The Labute approximate surface area is 114 Å². The van der Waals surface area contributed by atoms with E-state index in [0.29, 0.717) is 12.3 Å². The number of rotatable bonds is 5. The molecule has 5 nitrogen and oxygen atoms in total. The SMILES string of the molecule is CCN(CC)CCN=C1COc2cc(N)ccc2N1. The standard InChI is InChI=1S/C14H22N4O/c1-3-18(4-2)8-7-16-14-10-19-13-9-11(15)5-6-12(13)17-14/h5-6,9H,3-4,7-8,10,15H2,1-2H3,(H,16,17). The molecule has 0 unspecified atom stereocenters. The van der Waals surface area contributed by atoms with Crippen molar-refractivity contribution in [2.75, 3.05) is 43.8 Å². The molecular formula is C14H22N4O. The fraction of sp³-hybridized carbons (Fsp3) is 0.500. The number of benzene rings is 1. The van der Waals surface area contributed by atoms with Crippen LogP contribution >= 0.6 is 0 Å². The molecule has 0 aromatic heterocycles. The van der Waals surface area contributed by atoms with Crippen LogP contribution in [0.4, 0.5) is 11.4 Å². The molecule has 1 aromatic carbocycles. The molecule has 1 aromatic rings. The van der Waals surface area contributed by atoms with Gasteiger partial charge in [-0.25, -0.2) is 0 Å². The van der Waals surface area contributed by atoms with Crippen molar-refractivity contribution in [1.82, 2.24) is 4.90 Å². The minimum atomic E-state index is 0.481. The number of aliphatic imine (C=N–C) groups is 1. The van der Waals surface area contributed by atoms with Crippen LogP contribution in [-0.4, -0.2) is 43.5 Å². The summed E-state index contributed by atoms with van der Waals surface area (Å²) < 4.78 is 5.64. The molecule has 0 atom stereocenters. The van der Waals surface area contributed by atoms with Crippen molar-refractivity contribution >= 4 is 17.2 Å². The Hall–Kier alpha value is -1.75. The number of amidine groups is 1. The molecule has 104 valence electrons. The van der Waals surface area contributed by atoms with E-state index in [-0.39, 0.29) is 0 Å². The number of nitrogens with one attached hydrogen (secondary N) is 1. The Bertz CT molecular complexity index is 455. The van der Waals surface area contributed by atoms with Gasteiger partial charge in [-0.15, -0.1) is 0 Å². The number of nitrogen functional groups attached to an aromatic ring is 1. The number of nitrogens with zero attached hydrogens (tertiary/aromatic N) is 2. The third-order valence-corrected chi connectivity index (χ3v) is 3.26. The van der Waals surface area contributed by atoms with Gasteiger partial charge in [-0.2, -0.15) is 0 Å². The highest BCUT2D eigenvalue weighted by Crippen LogP contribution is 2.29. The third kappa shape index (κ3) is 3.61. The lowest BCUT2D eigenvalue weighted by Gasteiger charge is -2.22. The van der Waals surface area contributed by atoms with E-state index >= 15 is 0 Å². The molecule has 0 saturated heterocycles. The van der Waals surface area contributed by atoms with Crippen LogP contribution < -0.4 is 15.8 Å². The van der Waals surface area contributed by atoms with Crippen molar-refractivity contribution in [3.63, 3.8) is 0 Å². The largest absolute Gasteiger partial charge is 0.483 e. The van der Waals surface area contributed by atoms with Crippen LogP contribution in [0.1, 0.15) is 13.8 Å². The molecule has 5 heteroatoms. The lowest BCUT2D eigenvalue weighted by molar-refractivity contribution is 0.312. The van der Waals surface area contributed by atoms with Gasteiger partial charge < -0.3 is 20.7 Å². The highest BCUT2D eigenvalue weighted by atomic mass is 16.5. The fourth-order valence-electron chi connectivity index (χ4n) is 2.05. The summed E-state index contributed by atoms with van der Waals surface area (Å²) in [5, 5.41) is 3.28. The zero-order valence-corrected chi connectivity index (χ0v) is 11.6. The van der Waals surface area contributed by atoms with E-state index in [1.165, 1.54) is 0 Å². The smallest absolute Gasteiger partial charge is 0.146 e. The first-order chi connectivity index (χ1) is 9.22. The van der Waals surface area contributed by atoms with Gasteiger partial charge in [0.25, 0.3) is 0 Å². The first-order valence-electron chi connectivity index (χ1n) is 6.78. The van der Waals surface area contributed by atoms with Crippen LogP contribution in [0, 0.1) is 0 Å². The maximum Gasteiger partial charge on any atom is 0.146 e. The molecule has 0 saturated carbocycles. The Morgan fingerprint density at radius 1 is 1.37 bits per heavy atom. The van der Waals surface area contributed by atoms with Gasteiger partial charge >= 0.3 is 0 Å². The average molecular weight is 262 g/mol. The Balaban J connectivity index is 1.92. The monoisotopic (exact) mass is 262 g/mol. The van der Waals surface area contributed by atoms with Gasteiger partial charge in [0.15, 0.2) is 0 Å². The number of hydrogen-bond donors (Lipinski definition) is 2. The lowest BCUT2D eigenvalue weighted by Crippen LogP contribution is -2.29. The van der Waals surface area contributed by atoms with Gasteiger partial charge in [0.2, 0.25) is 0 Å². The molecule has 0 aliphatic carbocycles. The maximum atomic E-state index is 5.72. The van der Waals surface area contributed by atoms with Gasteiger partial charge in [-0.1, -0.05) is 13.8 Å². The first kappa shape index (κ1) is 13.7. The van der Waals surface area contributed by atoms with E-state index in [1.54, 1.807) is 0 Å². The summed E-state index contributed by atoms with van der Waals surface area (Å²) in [6, 6.07) is 5.60. The number of anilines is 2. The minimum absolute atomic E-state index is 0.481. The molecule has 3 N–H and O–H groups in total. The Morgan fingerprint density at radius 2 is 2.16 bits per heavy atom. The van der Waals surface area contributed by atoms with Crippen LogP contribution in [0.25, 0.3) is 0 Å². The fourth-order valence-corrected chi connectivity index (χ4v) is 2.05. The molecule has 2 rings (SSSR count). The van der Waals surface area contributed by atoms with E-state index in [2.05, 4.69) is 29.1 Å². The van der Waals surface area contributed by atoms with Crippen LogP contribution in [0.2, 0.25) is 0 Å². The van der Waals surface area contributed by atoms with Crippen molar-refractivity contribution < 1.29 is 4.74 Å². The topological polar surface area (TPSA) is 62.9 Å². The number of likely N-dealkylation sites (N-methyl/N-ethyl adjacent to an activating group) is 1. The lowest BCUT2D eigenvalue weighted by atomic mass is 10.2. The van der Waals surface area contributed by atoms with Gasteiger partial charge in [0, 0.05) is 18.3 Å². The van der Waals surface area contributed by atoms with Crippen molar-refractivity contribution in [3.8, 4) is 5.75 Å². The highest BCUT2D eigenvalue weighted by molar-refractivity contribution is 5.99. The molecule has 1 heterocycles. The van der Waals surface area contributed by atoms with Gasteiger partial charge in [-0.05, 0) is 25.2 Å². The van der Waals surface area contributed by atoms with Crippen LogP contribution in [0.5, 0.6) is 5.75 Å². The van der Waals surface area contributed by atoms with E-state index in [0.717, 1.165) is 43.5 Å². The maximum absolute atomic E-state index is 5.72. The number of ether oxygens (including phenoxy) is 1. The molecule has 0 bridgehead atoms. The van der Waals surface area contributed by atoms with Crippen molar-refractivity contribution in [3.05, 3.63) is 18.2 Å².